The summed E-state index contributed by atoms with van der Waals surface area (Å²) in [5.41, 5.74) is -0.0705. The third-order valence-corrected chi connectivity index (χ3v) is 3.60. The predicted molar refractivity (Wildman–Crippen MR) is 68.6 cm³/mol. The summed E-state index contributed by atoms with van der Waals surface area (Å²) in [7, 11) is 2.16. The Labute approximate surface area is 100 Å². The first-order valence-electron chi connectivity index (χ1n) is 6.55. The zero-order valence-corrected chi connectivity index (χ0v) is 11.3. The lowest BCUT2D eigenvalue weighted by Gasteiger charge is -2.30. The van der Waals surface area contributed by atoms with Gasteiger partial charge in [-0.25, -0.2) is 0 Å². The fourth-order valence-corrected chi connectivity index (χ4v) is 1.89. The first kappa shape index (κ1) is 13.9. The number of aliphatic hydroxyl groups excluding tert-OH is 1. The zero-order valence-electron chi connectivity index (χ0n) is 11.3. The minimum Gasteiger partial charge on any atom is -0.394 e. The van der Waals surface area contributed by atoms with Crippen LogP contribution in [-0.2, 0) is 0 Å². The SMILES string of the molecule is CC(C)N(C)CCCC(C)(CO)NC1CC1. The van der Waals surface area contributed by atoms with Gasteiger partial charge in [-0.3, -0.25) is 0 Å². The van der Waals surface area contributed by atoms with E-state index >= 15 is 0 Å². The Morgan fingerprint density at radius 2 is 2.06 bits per heavy atom. The van der Waals surface area contributed by atoms with Gasteiger partial charge < -0.3 is 15.3 Å². The third kappa shape index (κ3) is 4.81. The number of hydrogen-bond acceptors (Lipinski definition) is 3. The van der Waals surface area contributed by atoms with Crippen molar-refractivity contribution in [3.8, 4) is 0 Å². The number of hydrogen-bond donors (Lipinski definition) is 2. The zero-order chi connectivity index (χ0) is 12.2. The van der Waals surface area contributed by atoms with Gasteiger partial charge >= 0.3 is 0 Å². The van der Waals surface area contributed by atoms with E-state index < -0.39 is 0 Å². The number of rotatable bonds is 8. The van der Waals surface area contributed by atoms with Crippen molar-refractivity contribution in [2.45, 2.75) is 64.1 Å². The highest BCUT2D eigenvalue weighted by molar-refractivity contribution is 4.92. The molecule has 1 saturated carbocycles. The van der Waals surface area contributed by atoms with Crippen LogP contribution >= 0.6 is 0 Å². The fourth-order valence-electron chi connectivity index (χ4n) is 1.89. The van der Waals surface area contributed by atoms with Crippen LogP contribution in [0.4, 0.5) is 0 Å². The molecule has 0 amide bonds. The molecule has 2 N–H and O–H groups in total. The van der Waals surface area contributed by atoms with Gasteiger partial charge in [0.05, 0.1) is 6.61 Å². The predicted octanol–water partition coefficient (Wildman–Crippen LogP) is 1.61. The molecular formula is C13H28N2O. The van der Waals surface area contributed by atoms with Gasteiger partial charge in [0.25, 0.3) is 0 Å². The van der Waals surface area contributed by atoms with Gasteiger partial charge in [-0.1, -0.05) is 0 Å². The molecule has 0 spiro atoms. The van der Waals surface area contributed by atoms with Crippen LogP contribution in [0.5, 0.6) is 0 Å². The van der Waals surface area contributed by atoms with E-state index in [9.17, 15) is 5.11 Å². The summed E-state index contributed by atoms with van der Waals surface area (Å²) < 4.78 is 0. The Kier molecular flexibility index (Phi) is 5.22. The van der Waals surface area contributed by atoms with Crippen LogP contribution in [0.25, 0.3) is 0 Å². The first-order valence-corrected chi connectivity index (χ1v) is 6.55. The lowest BCUT2D eigenvalue weighted by molar-refractivity contribution is 0.154. The van der Waals surface area contributed by atoms with Crippen molar-refractivity contribution in [2.24, 2.45) is 0 Å². The quantitative estimate of drug-likeness (QED) is 0.662. The molecule has 1 rings (SSSR count). The molecule has 3 nitrogen and oxygen atoms in total. The molecule has 1 atom stereocenters. The lowest BCUT2D eigenvalue weighted by Crippen LogP contribution is -2.47. The van der Waals surface area contributed by atoms with Crippen LogP contribution in [0.3, 0.4) is 0 Å². The van der Waals surface area contributed by atoms with Gasteiger partial charge in [0.1, 0.15) is 0 Å². The minimum atomic E-state index is -0.0705. The van der Waals surface area contributed by atoms with Crippen molar-refractivity contribution in [1.29, 1.82) is 0 Å². The van der Waals surface area contributed by atoms with Crippen LogP contribution < -0.4 is 5.32 Å². The third-order valence-electron chi connectivity index (χ3n) is 3.60. The van der Waals surface area contributed by atoms with Gasteiger partial charge in [-0.15, -0.1) is 0 Å². The lowest BCUT2D eigenvalue weighted by atomic mass is 9.96. The largest absolute Gasteiger partial charge is 0.394 e. The molecule has 0 aromatic carbocycles. The van der Waals surface area contributed by atoms with Crippen molar-refractivity contribution in [3.05, 3.63) is 0 Å². The summed E-state index contributed by atoms with van der Waals surface area (Å²) in [6, 6.07) is 1.27. The molecule has 96 valence electrons. The molecule has 16 heavy (non-hydrogen) atoms. The van der Waals surface area contributed by atoms with Crippen molar-refractivity contribution >= 4 is 0 Å². The maximum Gasteiger partial charge on any atom is 0.0610 e. The van der Waals surface area contributed by atoms with Gasteiger partial charge in [-0.05, 0) is 60.0 Å². The number of nitrogens with one attached hydrogen (secondary N) is 1. The normalized spacial score (nSPS) is 20.4. The Bertz CT molecular complexity index is 204. The van der Waals surface area contributed by atoms with Gasteiger partial charge in [0.15, 0.2) is 0 Å². The van der Waals surface area contributed by atoms with Crippen molar-refractivity contribution in [3.63, 3.8) is 0 Å². The van der Waals surface area contributed by atoms with Gasteiger partial charge in [0, 0.05) is 17.6 Å². The Balaban J connectivity index is 2.21. The van der Waals surface area contributed by atoms with Crippen LogP contribution in [0.1, 0.15) is 46.5 Å². The number of aliphatic hydroxyl groups is 1. The molecule has 1 aliphatic rings. The van der Waals surface area contributed by atoms with E-state index in [1.165, 1.54) is 12.8 Å². The van der Waals surface area contributed by atoms with E-state index in [4.69, 9.17) is 0 Å². The topological polar surface area (TPSA) is 35.5 Å². The molecule has 0 bridgehead atoms. The van der Waals surface area contributed by atoms with Crippen LogP contribution in [0.2, 0.25) is 0 Å². The second-order valence-electron chi connectivity index (χ2n) is 5.82. The summed E-state index contributed by atoms with van der Waals surface area (Å²) in [5, 5.41) is 13.0. The molecular weight excluding hydrogens is 200 g/mol. The Morgan fingerprint density at radius 3 is 2.50 bits per heavy atom. The average Bonchev–Trinajstić information content (AvgIpc) is 3.01. The van der Waals surface area contributed by atoms with Crippen molar-refractivity contribution < 1.29 is 5.11 Å². The molecule has 0 heterocycles. The van der Waals surface area contributed by atoms with E-state index in [2.05, 4.69) is 38.0 Å². The maximum absolute atomic E-state index is 9.46. The van der Waals surface area contributed by atoms with Crippen molar-refractivity contribution in [2.75, 3.05) is 20.2 Å². The smallest absolute Gasteiger partial charge is 0.0610 e. The van der Waals surface area contributed by atoms with E-state index in [0.717, 1.165) is 19.4 Å². The minimum absolute atomic E-state index is 0.0705. The molecule has 0 aromatic heterocycles. The maximum atomic E-state index is 9.46. The Hall–Kier alpha value is -0.120. The molecule has 1 fully saturated rings. The molecule has 0 saturated heterocycles. The highest BCUT2D eigenvalue weighted by Gasteiger charge is 2.31. The van der Waals surface area contributed by atoms with Crippen LogP contribution in [0, 0.1) is 0 Å². The van der Waals surface area contributed by atoms with E-state index in [0.29, 0.717) is 12.1 Å². The van der Waals surface area contributed by atoms with Crippen molar-refractivity contribution in [1.82, 2.24) is 10.2 Å². The van der Waals surface area contributed by atoms with Gasteiger partial charge in [-0.2, -0.15) is 0 Å². The number of nitrogens with zero attached hydrogens (tertiary/aromatic N) is 1. The highest BCUT2D eigenvalue weighted by Crippen LogP contribution is 2.24. The van der Waals surface area contributed by atoms with E-state index in [-0.39, 0.29) is 12.1 Å². The molecule has 3 heteroatoms. The fraction of sp³-hybridized carbons (Fsp3) is 1.00. The summed E-state index contributed by atoms with van der Waals surface area (Å²) in [4.78, 5) is 2.36. The van der Waals surface area contributed by atoms with Crippen LogP contribution in [-0.4, -0.2) is 47.8 Å². The second-order valence-corrected chi connectivity index (χ2v) is 5.82. The summed E-state index contributed by atoms with van der Waals surface area (Å²) >= 11 is 0. The highest BCUT2D eigenvalue weighted by atomic mass is 16.3. The Morgan fingerprint density at radius 1 is 1.44 bits per heavy atom. The monoisotopic (exact) mass is 228 g/mol. The average molecular weight is 228 g/mol. The molecule has 0 aromatic rings. The molecule has 1 unspecified atom stereocenters. The summed E-state index contributed by atoms with van der Waals surface area (Å²) in [5.74, 6) is 0. The van der Waals surface area contributed by atoms with E-state index in [1.54, 1.807) is 0 Å². The first-order chi connectivity index (χ1) is 7.47. The molecule has 1 aliphatic carbocycles. The molecule has 0 aliphatic heterocycles. The van der Waals surface area contributed by atoms with E-state index in [1.807, 2.05) is 0 Å². The standard InChI is InChI=1S/C13H28N2O/c1-11(2)15(4)9-5-8-13(3,10-16)14-12-6-7-12/h11-12,14,16H,5-10H2,1-4H3. The van der Waals surface area contributed by atoms with Gasteiger partial charge in [0.2, 0.25) is 0 Å². The summed E-state index contributed by atoms with van der Waals surface area (Å²) in [6.07, 6.45) is 4.76. The molecule has 0 radical (unpaired) electrons. The summed E-state index contributed by atoms with van der Waals surface area (Å²) in [6.45, 7) is 7.93. The second kappa shape index (κ2) is 5.99. The van der Waals surface area contributed by atoms with Crippen LogP contribution in [0.15, 0.2) is 0 Å².